The molecule has 4 aromatic carbocycles. The summed E-state index contributed by atoms with van der Waals surface area (Å²) in [5.74, 6) is -4.44. The summed E-state index contributed by atoms with van der Waals surface area (Å²) in [6.07, 6.45) is 0. The summed E-state index contributed by atoms with van der Waals surface area (Å²) < 4.78 is -0.0929. The van der Waals surface area contributed by atoms with Crippen LogP contribution < -0.4 is 21.2 Å². The molecule has 0 saturated carbocycles. The maximum atomic E-state index is 13.5. The third-order valence-electron chi connectivity index (χ3n) is 5.87. The van der Waals surface area contributed by atoms with Crippen molar-refractivity contribution in [1.82, 2.24) is 5.32 Å². The number of carbonyl (C=O) groups excluding carboxylic acids is 1. The molecule has 1 N–H and O–H groups in total. The van der Waals surface area contributed by atoms with Gasteiger partial charge >= 0.3 is 216 Å². The van der Waals surface area contributed by atoms with E-state index in [-0.39, 0.29) is 15.8 Å². The molecule has 0 bridgehead atoms. The van der Waals surface area contributed by atoms with Crippen molar-refractivity contribution in [3.8, 4) is 0 Å². The third-order valence-corrected chi connectivity index (χ3v) is 13.8. The van der Waals surface area contributed by atoms with Crippen LogP contribution in [-0.2, 0) is 0 Å². The SMILES string of the molecule is Cc1ccc(C(=O)NC(=C(Cl)Cl)P(Cl)(c2ccccc2)(c2ccccc2)c2ccccc2)cc1. The van der Waals surface area contributed by atoms with Gasteiger partial charge in [-0.05, 0) is 0 Å². The summed E-state index contributed by atoms with van der Waals surface area (Å²) in [5, 5.41) is 5.46. The van der Waals surface area contributed by atoms with Gasteiger partial charge in [0.15, 0.2) is 0 Å². The molecule has 0 aliphatic rings. The first kappa shape index (κ1) is 24.5. The van der Waals surface area contributed by atoms with Crippen LogP contribution in [0.3, 0.4) is 0 Å². The molecular weight excluding hydrogens is 504 g/mol. The maximum absolute atomic E-state index is 13.5. The van der Waals surface area contributed by atoms with Crippen LogP contribution in [0.4, 0.5) is 0 Å². The average molecular weight is 527 g/mol. The number of carbonyl (C=O) groups is 1. The zero-order chi connectivity index (χ0) is 24.2. The molecule has 0 aliphatic heterocycles. The van der Waals surface area contributed by atoms with Gasteiger partial charge in [-0.2, -0.15) is 0 Å². The third kappa shape index (κ3) is 4.17. The van der Waals surface area contributed by atoms with Gasteiger partial charge in [0.05, 0.1) is 0 Å². The van der Waals surface area contributed by atoms with E-state index in [1.165, 1.54) is 0 Å². The van der Waals surface area contributed by atoms with E-state index >= 15 is 0 Å². The Kier molecular flexibility index (Phi) is 7.17. The van der Waals surface area contributed by atoms with E-state index < -0.39 is 5.96 Å². The van der Waals surface area contributed by atoms with Crippen molar-refractivity contribution in [2.45, 2.75) is 6.92 Å². The molecule has 0 heterocycles. The standard InChI is InChI=1S/C28H23Cl3NOP/c1-21-17-19-22(20-18-21)27(33)32-28(26(29)30)34(31,23-11-5-2-6-12-23,24-13-7-3-8-14-24)25-15-9-4-10-16-25/h2-20H,1H3,(H,32,33). The fraction of sp³-hybridized carbons (Fsp3) is 0.0357. The van der Waals surface area contributed by atoms with E-state index in [1.54, 1.807) is 12.1 Å². The Bertz CT molecular complexity index is 1220. The number of aryl methyl sites for hydroxylation is 1. The van der Waals surface area contributed by atoms with E-state index in [4.69, 9.17) is 34.4 Å². The Morgan fingerprint density at radius 2 is 1.03 bits per heavy atom. The van der Waals surface area contributed by atoms with Crippen molar-refractivity contribution >= 4 is 62.2 Å². The zero-order valence-electron chi connectivity index (χ0n) is 18.5. The molecule has 6 heteroatoms. The summed E-state index contributed by atoms with van der Waals surface area (Å²) >= 11 is 21.3. The van der Waals surface area contributed by atoms with Crippen molar-refractivity contribution in [2.24, 2.45) is 0 Å². The average Bonchev–Trinajstić information content (AvgIpc) is 2.88. The predicted molar refractivity (Wildman–Crippen MR) is 148 cm³/mol. The first-order valence-corrected chi connectivity index (χ1v) is 14.6. The molecule has 4 rings (SSSR count). The Hall–Kier alpha value is -2.61. The van der Waals surface area contributed by atoms with Crippen molar-refractivity contribution < 1.29 is 4.79 Å². The number of hydrogen-bond donors (Lipinski definition) is 1. The van der Waals surface area contributed by atoms with E-state index in [0.29, 0.717) is 5.56 Å². The summed E-state index contributed by atoms with van der Waals surface area (Å²) in [6.45, 7) is 1.97. The number of nitrogens with one attached hydrogen (secondary N) is 1. The molecule has 1 amide bonds. The summed E-state index contributed by atoms with van der Waals surface area (Å²) in [7, 11) is 0. The van der Waals surface area contributed by atoms with Crippen LogP contribution in [-0.4, -0.2) is 5.91 Å². The second-order valence-electron chi connectivity index (χ2n) is 7.94. The Morgan fingerprint density at radius 1 is 0.647 bits per heavy atom. The normalized spacial score (nSPS) is 12.3. The van der Waals surface area contributed by atoms with Gasteiger partial charge in [-0.15, -0.1) is 0 Å². The van der Waals surface area contributed by atoms with Crippen molar-refractivity contribution in [1.29, 1.82) is 0 Å². The van der Waals surface area contributed by atoms with E-state index in [0.717, 1.165) is 21.5 Å². The molecule has 172 valence electrons. The van der Waals surface area contributed by atoms with Gasteiger partial charge in [0.2, 0.25) is 0 Å². The molecule has 0 aliphatic carbocycles. The number of amides is 1. The summed E-state index contributed by atoms with van der Waals surface area (Å²) in [4.78, 5) is 13.5. The minimum absolute atomic E-state index is 0.0929. The number of benzene rings is 4. The van der Waals surface area contributed by atoms with E-state index in [2.05, 4.69) is 5.32 Å². The van der Waals surface area contributed by atoms with Gasteiger partial charge in [-0.25, -0.2) is 0 Å². The fourth-order valence-corrected chi connectivity index (χ4v) is 11.4. The zero-order valence-corrected chi connectivity index (χ0v) is 21.6. The molecule has 0 fully saturated rings. The molecule has 0 radical (unpaired) electrons. The second-order valence-corrected chi connectivity index (χ2v) is 14.9. The quantitative estimate of drug-likeness (QED) is 0.269. The van der Waals surface area contributed by atoms with Crippen LogP contribution in [0.2, 0.25) is 0 Å². The van der Waals surface area contributed by atoms with Crippen LogP contribution in [0.1, 0.15) is 15.9 Å². The van der Waals surface area contributed by atoms with Gasteiger partial charge in [-0.3, -0.25) is 0 Å². The van der Waals surface area contributed by atoms with Crippen molar-refractivity contribution in [3.63, 3.8) is 0 Å². The van der Waals surface area contributed by atoms with Crippen LogP contribution in [0.25, 0.3) is 0 Å². The Labute approximate surface area is 214 Å². The summed E-state index contributed by atoms with van der Waals surface area (Å²) in [5.41, 5.74) is 1.82. The molecule has 0 saturated heterocycles. The van der Waals surface area contributed by atoms with Crippen molar-refractivity contribution in [3.05, 3.63) is 136 Å². The first-order chi connectivity index (χ1) is 16.4. The van der Waals surface area contributed by atoms with E-state index in [9.17, 15) is 4.79 Å². The number of halogens is 3. The molecule has 34 heavy (non-hydrogen) atoms. The molecule has 0 aromatic heterocycles. The van der Waals surface area contributed by atoms with E-state index in [1.807, 2.05) is 110 Å². The van der Waals surface area contributed by atoms with Gasteiger partial charge in [0, 0.05) is 0 Å². The summed E-state index contributed by atoms with van der Waals surface area (Å²) in [6, 6.07) is 36.4. The van der Waals surface area contributed by atoms with Crippen LogP contribution in [0.5, 0.6) is 0 Å². The number of hydrogen-bond acceptors (Lipinski definition) is 1. The van der Waals surface area contributed by atoms with Gasteiger partial charge in [-0.1, -0.05) is 0 Å². The Morgan fingerprint density at radius 3 is 1.38 bits per heavy atom. The van der Waals surface area contributed by atoms with Gasteiger partial charge in [0.1, 0.15) is 0 Å². The molecule has 4 aromatic rings. The minimum atomic E-state index is -4.09. The second kappa shape index (κ2) is 9.94. The molecule has 0 spiro atoms. The van der Waals surface area contributed by atoms with Crippen LogP contribution in [0.15, 0.2) is 125 Å². The van der Waals surface area contributed by atoms with Gasteiger partial charge in [0.25, 0.3) is 0 Å². The molecule has 2 nitrogen and oxygen atoms in total. The predicted octanol–water partition coefficient (Wildman–Crippen LogP) is 7.01. The Balaban J connectivity index is 2.07. The van der Waals surface area contributed by atoms with Crippen LogP contribution in [0, 0.1) is 6.92 Å². The van der Waals surface area contributed by atoms with Crippen molar-refractivity contribution in [2.75, 3.05) is 0 Å². The molecular formula is C28H23Cl3NOP. The fourth-order valence-electron chi connectivity index (χ4n) is 4.15. The van der Waals surface area contributed by atoms with Gasteiger partial charge < -0.3 is 0 Å². The first-order valence-electron chi connectivity index (χ1n) is 10.7. The molecule has 0 atom stereocenters. The topological polar surface area (TPSA) is 29.1 Å². The monoisotopic (exact) mass is 525 g/mol. The van der Waals surface area contributed by atoms with Crippen LogP contribution >= 0.6 is 40.4 Å². The number of rotatable bonds is 6. The molecule has 0 unspecified atom stereocenters.